The van der Waals surface area contributed by atoms with Crippen molar-refractivity contribution >= 4 is 62.9 Å². The number of hydrogen-bond acceptors (Lipinski definition) is 19. The number of piperidine rings is 1. The number of carboxylic acids is 1. The van der Waals surface area contributed by atoms with Crippen LogP contribution < -0.4 is 25.1 Å². The quantitative estimate of drug-likeness (QED) is 0.0246. The van der Waals surface area contributed by atoms with Gasteiger partial charge in [0.1, 0.15) is 40.7 Å². The van der Waals surface area contributed by atoms with E-state index in [4.69, 9.17) is 28.8 Å². The van der Waals surface area contributed by atoms with Crippen molar-refractivity contribution in [3.05, 3.63) is 98.8 Å². The molecule has 5 bridgehead atoms. The van der Waals surface area contributed by atoms with Gasteiger partial charge in [-0.05, 0) is 89.5 Å². The molecule has 9 atom stereocenters. The summed E-state index contributed by atoms with van der Waals surface area (Å²) >= 11 is 0. The number of hydrogen-bond donors (Lipinski definition) is 7. The predicted octanol–water partition coefficient (Wildman–Crippen LogP) is 7.96. The first kappa shape index (κ1) is 63.0. The molecule has 2 saturated carbocycles. The number of aromatic carboxylic acids is 1. The number of amides is 1. The third-order valence-electron chi connectivity index (χ3n) is 19.3. The molecule has 2 aliphatic carbocycles. The summed E-state index contributed by atoms with van der Waals surface area (Å²) in [6, 6.07) is 1.24. The fourth-order valence-corrected chi connectivity index (χ4v) is 13.7. The number of phenolic OH excluding ortho intramolecular Hbond substituents is 3. The van der Waals surface area contributed by atoms with Gasteiger partial charge in [0, 0.05) is 105 Å². The lowest BCUT2D eigenvalue weighted by Crippen LogP contribution is -2.50. The summed E-state index contributed by atoms with van der Waals surface area (Å²) in [7, 11) is 4.93. The van der Waals surface area contributed by atoms with Gasteiger partial charge in [0.25, 0.3) is 11.7 Å². The monoisotopic (exact) mass is 1220 g/mol. The Hall–Kier alpha value is -7.99. The van der Waals surface area contributed by atoms with Gasteiger partial charge >= 0.3 is 17.7 Å². The summed E-state index contributed by atoms with van der Waals surface area (Å²) in [6.45, 7) is 16.6. The highest BCUT2D eigenvalue weighted by Crippen LogP contribution is 2.56. The maximum atomic E-state index is 16.4. The number of halogens is 1. The Labute approximate surface area is 508 Å². The molecular formula is C65H79FN6O16. The molecule has 1 amide bonds. The van der Waals surface area contributed by atoms with Crippen molar-refractivity contribution in [1.82, 2.24) is 14.5 Å². The highest BCUT2D eigenvalue weighted by atomic mass is 19.1. The molecule has 4 aromatic rings. The fourth-order valence-electron chi connectivity index (χ4n) is 13.7. The van der Waals surface area contributed by atoms with Crippen LogP contribution in [0.3, 0.4) is 0 Å². The molecular weight excluding hydrogens is 1140 g/mol. The molecule has 0 spiro atoms. The fraction of sp³-hybridized carbons (Fsp3) is 0.508. The first-order valence-corrected chi connectivity index (χ1v) is 29.9. The number of ketones is 1. The van der Waals surface area contributed by atoms with E-state index in [1.54, 1.807) is 42.5 Å². The van der Waals surface area contributed by atoms with Gasteiger partial charge in [0.15, 0.2) is 17.3 Å². The number of hydrazone groups is 1. The molecule has 7 N–H and O–H groups in total. The van der Waals surface area contributed by atoms with Crippen molar-refractivity contribution in [2.75, 3.05) is 57.7 Å². The number of nitrogens with zero attached hydrogens (tertiary/aromatic N) is 5. The lowest BCUT2D eigenvalue weighted by atomic mass is 9.80. The number of aromatic hydroxyl groups is 3. The second-order valence-electron chi connectivity index (χ2n) is 24.8. The van der Waals surface area contributed by atoms with E-state index in [1.807, 2.05) is 4.90 Å². The molecule has 0 radical (unpaired) electrons. The number of esters is 1. The van der Waals surface area contributed by atoms with E-state index in [0.717, 1.165) is 44.4 Å². The number of carboxylic acid groups (broad SMARTS) is 1. The van der Waals surface area contributed by atoms with Gasteiger partial charge in [-0.1, -0.05) is 45.6 Å². The Balaban J connectivity index is 0.935. The van der Waals surface area contributed by atoms with E-state index >= 15 is 4.39 Å². The lowest BCUT2D eigenvalue weighted by molar-refractivity contribution is -0.150. The minimum atomic E-state index is -2.15. The smallest absolute Gasteiger partial charge is 0.341 e. The third kappa shape index (κ3) is 11.1. The Morgan fingerprint density at radius 1 is 0.943 bits per heavy atom. The maximum absolute atomic E-state index is 16.4. The zero-order valence-electron chi connectivity index (χ0n) is 51.3. The van der Waals surface area contributed by atoms with Crippen LogP contribution in [0.15, 0.2) is 70.5 Å². The van der Waals surface area contributed by atoms with Crippen molar-refractivity contribution in [3.63, 3.8) is 0 Å². The average Bonchev–Trinajstić information content (AvgIpc) is 1.32. The van der Waals surface area contributed by atoms with Crippen molar-refractivity contribution in [3.8, 4) is 28.7 Å². The van der Waals surface area contributed by atoms with Crippen molar-refractivity contribution < 1.29 is 77.9 Å². The highest BCUT2D eigenvalue weighted by Gasteiger charge is 2.56. The second-order valence-corrected chi connectivity index (χ2v) is 24.8. The number of nitrogens with one attached hydrogen (secondary N) is 1. The van der Waals surface area contributed by atoms with E-state index in [2.05, 4.69) is 23.8 Å². The summed E-state index contributed by atoms with van der Waals surface area (Å²) in [5.41, 5.74) is -1.17. The number of methoxy groups -OCH3 is 2. The number of benzene rings is 3. The number of rotatable bonds is 11. The number of carbonyl (C=O) groups is 4. The van der Waals surface area contributed by atoms with E-state index in [9.17, 15) is 54.6 Å². The molecule has 3 aromatic carbocycles. The van der Waals surface area contributed by atoms with Crippen LogP contribution in [0, 0.1) is 36.4 Å². The number of aliphatic hydroxyl groups is 2. The van der Waals surface area contributed by atoms with Gasteiger partial charge in [-0.15, -0.1) is 0 Å². The van der Waals surface area contributed by atoms with Crippen LogP contribution >= 0.6 is 0 Å². The van der Waals surface area contributed by atoms with E-state index < -0.39 is 106 Å². The van der Waals surface area contributed by atoms with Gasteiger partial charge < -0.3 is 69.1 Å². The van der Waals surface area contributed by atoms with Crippen LogP contribution in [-0.4, -0.2) is 164 Å². The summed E-state index contributed by atoms with van der Waals surface area (Å²) in [6.07, 6.45) is 10.9. The third-order valence-corrected chi connectivity index (χ3v) is 19.3. The number of allylic oxidation sites excluding steroid dienone is 2. The highest BCUT2D eigenvalue weighted by molar-refractivity contribution is 6.24. The molecule has 22 nitrogen and oxygen atoms in total. The predicted molar refractivity (Wildman–Crippen MR) is 326 cm³/mol. The van der Waals surface area contributed by atoms with Crippen LogP contribution in [0.2, 0.25) is 0 Å². The van der Waals surface area contributed by atoms with Gasteiger partial charge in [0.2, 0.25) is 5.43 Å². The number of Topliss-reactive ketones (excluding diaryl/α,β-unsaturated/α-hetero) is 1. The van der Waals surface area contributed by atoms with Crippen molar-refractivity contribution in [2.24, 2.45) is 28.8 Å². The number of fused-ring (bicyclic) bond motifs is 15. The number of ether oxygens (including phenoxy) is 5. The van der Waals surface area contributed by atoms with Gasteiger partial charge in [-0.2, -0.15) is 5.10 Å². The molecule has 5 aliphatic heterocycles. The van der Waals surface area contributed by atoms with Crippen LogP contribution in [-0.2, 0) is 23.8 Å². The molecule has 2 saturated heterocycles. The SMILES string of the molecule is C=C1[C@@H](OC)/C=C/O[C@@]2(C)Oc3c(C)c(O)c4c(O)c(c(/C=N/N5CCC(N(C)C6(C7CCN(c8c(F)cc9c(=O)c(C(=O)O)cn(C%10CC%10)c9c8OC)C7)CC6)CC5)c(O)c4c3C2=O)NC(=O)/C(C)=C\C=C\[C@H](C)[C@H](O)[C@@H](C)[C@@H](O)[C@@H](C)[C@@H]1OC(C)=O. The van der Waals surface area contributed by atoms with E-state index in [0.29, 0.717) is 44.5 Å². The number of pyridine rings is 1. The molecule has 88 heavy (non-hydrogen) atoms. The Bertz CT molecular complexity index is 3710. The minimum Gasteiger partial charge on any atom is -0.507 e. The average molecular weight is 1220 g/mol. The normalized spacial score (nSPS) is 28.5. The number of aromatic nitrogens is 1. The maximum Gasteiger partial charge on any atom is 0.341 e. The first-order valence-electron chi connectivity index (χ1n) is 29.9. The van der Waals surface area contributed by atoms with Crippen molar-refractivity contribution in [1.29, 1.82) is 0 Å². The summed E-state index contributed by atoms with van der Waals surface area (Å²) in [4.78, 5) is 71.4. The number of anilines is 2. The molecule has 1 unspecified atom stereocenters. The Morgan fingerprint density at radius 3 is 2.26 bits per heavy atom. The van der Waals surface area contributed by atoms with Crippen LogP contribution in [0.5, 0.6) is 28.7 Å². The number of aliphatic hydroxyl groups excluding tert-OH is 2. The van der Waals surface area contributed by atoms with Gasteiger partial charge in [-0.3, -0.25) is 29.1 Å². The van der Waals surface area contributed by atoms with Crippen molar-refractivity contribution in [2.45, 2.75) is 141 Å². The minimum absolute atomic E-state index is 0.00289. The largest absolute Gasteiger partial charge is 0.507 e. The molecule has 11 rings (SSSR count). The first-order chi connectivity index (χ1) is 41.7. The lowest BCUT2D eigenvalue weighted by Gasteiger charge is -2.42. The summed E-state index contributed by atoms with van der Waals surface area (Å²) in [5.74, 6) is -10.3. The van der Waals surface area contributed by atoms with Crippen LogP contribution in [0.1, 0.15) is 124 Å². The van der Waals surface area contributed by atoms with Crippen LogP contribution in [0.25, 0.3) is 21.7 Å². The zero-order valence-corrected chi connectivity index (χ0v) is 51.3. The molecule has 23 heteroatoms. The summed E-state index contributed by atoms with van der Waals surface area (Å²) in [5, 5.41) is 78.3. The van der Waals surface area contributed by atoms with E-state index in [-0.39, 0.29) is 90.4 Å². The molecule has 1 aromatic heterocycles. The molecule has 6 heterocycles. The van der Waals surface area contributed by atoms with E-state index in [1.165, 1.54) is 66.5 Å². The second kappa shape index (κ2) is 24.2. The summed E-state index contributed by atoms with van der Waals surface area (Å²) < 4.78 is 47.8. The van der Waals surface area contributed by atoms with Crippen LogP contribution in [0.4, 0.5) is 15.8 Å². The molecule has 472 valence electrons. The number of phenols is 3. The zero-order chi connectivity index (χ0) is 63.7. The molecule has 7 aliphatic rings. The Morgan fingerprint density at radius 2 is 1.64 bits per heavy atom. The standard InChI is InChI=1S/C65H79FN6O16/c1-31-13-12-14-32(2)62(81)68-49-42(56(78)46-47(57(49)79)54(76)36(6)59-48(46)61(80)64(8,88-59)86-26-20-45(84-10)33(3)58(87-37(7)73)35(5)53(75)34(4)52(31)74)28-67-71-24-18-39(19-25-71)69(9)65(21-22-65)38-17-23-70(29-38)51-44(66)27-41-50(60(51)85-11)72(40-15-16-40)30-43(55(41)77)63(82)83/h12-14,20,26-28,30-31,34-35,38-40,45,52-53,58,74-76,78-79H,3,15-19,21-25,29H2,1-2,4-11H3,(H,68,81)(H,82,83)/b13-12+,26-20+,32-14-,67-28+/t31-,34+,35+,38?,45-,52-,53+,58+,64-/m0/s1. The van der Waals surface area contributed by atoms with Gasteiger partial charge in [0.05, 0.1) is 64.9 Å². The topological polar surface area (TPSA) is 292 Å². The van der Waals surface area contributed by atoms with Gasteiger partial charge in [-0.25, -0.2) is 9.18 Å². The number of carbonyl (C=O) groups excluding carboxylic acids is 3. The Kier molecular flexibility index (Phi) is 17.3. The molecule has 4 fully saturated rings.